The molecule has 21 heavy (non-hydrogen) atoms. The molecule has 0 bridgehead atoms. The second-order valence-electron chi connectivity index (χ2n) is 4.66. The number of rotatable bonds is 4. The molecule has 1 atom stereocenters. The Balaban J connectivity index is 2.07. The van der Waals surface area contributed by atoms with E-state index in [1.165, 1.54) is 12.1 Å². The van der Waals surface area contributed by atoms with E-state index in [9.17, 15) is 13.6 Å². The Morgan fingerprint density at radius 1 is 1.52 bits per heavy atom. The third kappa shape index (κ3) is 3.86. The molecule has 110 valence electrons. The van der Waals surface area contributed by atoms with Gasteiger partial charge in [-0.05, 0) is 25.0 Å². The second-order valence-corrected chi connectivity index (χ2v) is 4.66. The van der Waals surface area contributed by atoms with Crippen LogP contribution in [0, 0.1) is 23.0 Å². The Kier molecular flexibility index (Phi) is 5.01. The molecule has 2 rings (SSSR count). The van der Waals surface area contributed by atoms with Gasteiger partial charge in [0.05, 0.1) is 6.10 Å². The zero-order valence-corrected chi connectivity index (χ0v) is 11.2. The number of amides is 1. The van der Waals surface area contributed by atoms with Gasteiger partial charge in [0, 0.05) is 18.7 Å². The van der Waals surface area contributed by atoms with Crippen LogP contribution in [-0.4, -0.2) is 25.2 Å². The minimum absolute atomic E-state index is 0.0557. The van der Waals surface area contributed by atoms with Crippen molar-refractivity contribution < 1.29 is 18.3 Å². The Morgan fingerprint density at radius 2 is 2.33 bits per heavy atom. The summed E-state index contributed by atoms with van der Waals surface area (Å²) in [6.45, 7) is 0.958. The van der Waals surface area contributed by atoms with Gasteiger partial charge in [-0.25, -0.2) is 8.78 Å². The molecular formula is C15H14F2N2O2. The highest BCUT2D eigenvalue weighted by atomic mass is 19.2. The molecule has 6 heteroatoms. The van der Waals surface area contributed by atoms with Gasteiger partial charge >= 0.3 is 0 Å². The highest BCUT2D eigenvalue weighted by molar-refractivity contribution is 6.01. The molecule has 1 aliphatic rings. The van der Waals surface area contributed by atoms with Crippen LogP contribution in [0.4, 0.5) is 8.78 Å². The number of benzene rings is 1. The first kappa shape index (κ1) is 15.1. The lowest BCUT2D eigenvalue weighted by molar-refractivity contribution is -0.117. The van der Waals surface area contributed by atoms with Gasteiger partial charge in [0.25, 0.3) is 5.91 Å². The number of nitrogens with zero attached hydrogens (tertiary/aromatic N) is 1. The number of nitrogens with one attached hydrogen (secondary N) is 1. The van der Waals surface area contributed by atoms with E-state index in [2.05, 4.69) is 5.32 Å². The van der Waals surface area contributed by atoms with E-state index in [-0.39, 0.29) is 17.2 Å². The summed E-state index contributed by atoms with van der Waals surface area (Å²) < 4.78 is 31.9. The molecule has 0 saturated carbocycles. The number of hydrogen-bond donors (Lipinski definition) is 1. The first-order valence-electron chi connectivity index (χ1n) is 6.57. The van der Waals surface area contributed by atoms with E-state index in [1.54, 1.807) is 6.07 Å². The van der Waals surface area contributed by atoms with E-state index in [1.807, 2.05) is 0 Å². The molecule has 1 fully saturated rings. The van der Waals surface area contributed by atoms with Gasteiger partial charge in [-0.15, -0.1) is 0 Å². The molecule has 1 heterocycles. The Bertz CT molecular complexity index is 602. The van der Waals surface area contributed by atoms with Crippen LogP contribution in [-0.2, 0) is 9.53 Å². The van der Waals surface area contributed by atoms with E-state index in [0.717, 1.165) is 25.0 Å². The molecule has 1 aromatic rings. The molecule has 0 aromatic heterocycles. The van der Waals surface area contributed by atoms with Gasteiger partial charge in [-0.3, -0.25) is 4.79 Å². The van der Waals surface area contributed by atoms with Gasteiger partial charge in [0.1, 0.15) is 11.6 Å². The van der Waals surface area contributed by atoms with Gasteiger partial charge in [0.15, 0.2) is 11.6 Å². The molecule has 0 spiro atoms. The zero-order chi connectivity index (χ0) is 15.2. The molecule has 1 aromatic carbocycles. The molecule has 1 saturated heterocycles. The molecular weight excluding hydrogens is 278 g/mol. The third-order valence-electron chi connectivity index (χ3n) is 3.16. The largest absolute Gasteiger partial charge is 0.376 e. The predicted octanol–water partition coefficient (Wildman–Crippen LogP) is 2.17. The lowest BCUT2D eigenvalue weighted by atomic mass is 10.1. The number of carbonyl (C=O) groups excluding carboxylic acids is 1. The van der Waals surface area contributed by atoms with Gasteiger partial charge in [-0.2, -0.15) is 5.26 Å². The topological polar surface area (TPSA) is 62.1 Å². The highest BCUT2D eigenvalue weighted by Gasteiger charge is 2.18. The van der Waals surface area contributed by atoms with Crippen LogP contribution in [0.3, 0.4) is 0 Å². The summed E-state index contributed by atoms with van der Waals surface area (Å²) >= 11 is 0. The van der Waals surface area contributed by atoms with Crippen LogP contribution in [0.2, 0.25) is 0 Å². The SMILES string of the molecule is N#C/C(=C/c1cccc(F)c1F)C(=O)NC[C@@H]1CCCO1. The highest BCUT2D eigenvalue weighted by Crippen LogP contribution is 2.15. The fourth-order valence-corrected chi connectivity index (χ4v) is 2.04. The van der Waals surface area contributed by atoms with Gasteiger partial charge < -0.3 is 10.1 Å². The second kappa shape index (κ2) is 6.95. The van der Waals surface area contributed by atoms with Crippen molar-refractivity contribution in [2.24, 2.45) is 0 Å². The number of halogens is 2. The van der Waals surface area contributed by atoms with E-state index in [4.69, 9.17) is 10.00 Å². The van der Waals surface area contributed by atoms with Crippen molar-refractivity contribution >= 4 is 12.0 Å². The van der Waals surface area contributed by atoms with Crippen molar-refractivity contribution in [2.75, 3.05) is 13.2 Å². The van der Waals surface area contributed by atoms with Crippen LogP contribution in [0.15, 0.2) is 23.8 Å². The summed E-state index contributed by atoms with van der Waals surface area (Å²) in [5.74, 6) is -2.74. The summed E-state index contributed by atoms with van der Waals surface area (Å²) in [6, 6.07) is 5.26. The minimum Gasteiger partial charge on any atom is -0.376 e. The molecule has 1 aliphatic heterocycles. The first-order valence-corrected chi connectivity index (χ1v) is 6.57. The normalized spacial score (nSPS) is 18.3. The molecule has 0 radical (unpaired) electrons. The molecule has 0 aliphatic carbocycles. The van der Waals surface area contributed by atoms with Crippen LogP contribution >= 0.6 is 0 Å². The monoisotopic (exact) mass is 292 g/mol. The first-order chi connectivity index (χ1) is 10.1. The number of ether oxygens (including phenoxy) is 1. The van der Waals surface area contributed by atoms with Crippen molar-refractivity contribution in [3.05, 3.63) is 41.0 Å². The summed E-state index contributed by atoms with van der Waals surface area (Å²) in [7, 11) is 0. The quantitative estimate of drug-likeness (QED) is 0.683. The summed E-state index contributed by atoms with van der Waals surface area (Å²) in [6.07, 6.45) is 2.77. The molecule has 1 amide bonds. The van der Waals surface area contributed by atoms with E-state index < -0.39 is 17.5 Å². The summed E-state index contributed by atoms with van der Waals surface area (Å²) in [5, 5.41) is 11.5. The van der Waals surface area contributed by atoms with Gasteiger partial charge in [-0.1, -0.05) is 12.1 Å². The minimum atomic E-state index is -1.09. The fraction of sp³-hybridized carbons (Fsp3) is 0.333. The third-order valence-corrected chi connectivity index (χ3v) is 3.16. The maximum atomic E-state index is 13.5. The predicted molar refractivity (Wildman–Crippen MR) is 71.9 cm³/mol. The Hall–Kier alpha value is -2.26. The standard InChI is InChI=1S/C15H14F2N2O2/c16-13-5-1-3-10(14(13)17)7-11(8-18)15(20)19-9-12-4-2-6-21-12/h1,3,5,7,12H,2,4,6,9H2,(H,19,20)/b11-7-/t12-/m0/s1. The number of carbonyl (C=O) groups is 1. The van der Waals surface area contributed by atoms with Crippen LogP contribution < -0.4 is 5.32 Å². The van der Waals surface area contributed by atoms with Gasteiger partial charge in [0.2, 0.25) is 0 Å². The molecule has 1 N–H and O–H groups in total. The average Bonchev–Trinajstić information content (AvgIpc) is 2.99. The number of nitriles is 1. The molecule has 4 nitrogen and oxygen atoms in total. The maximum Gasteiger partial charge on any atom is 0.262 e. The lowest BCUT2D eigenvalue weighted by Crippen LogP contribution is -2.32. The van der Waals surface area contributed by atoms with Crippen LogP contribution in [0.1, 0.15) is 18.4 Å². The van der Waals surface area contributed by atoms with E-state index >= 15 is 0 Å². The average molecular weight is 292 g/mol. The van der Waals surface area contributed by atoms with Crippen molar-refractivity contribution in [2.45, 2.75) is 18.9 Å². The Morgan fingerprint density at radius 3 is 3.00 bits per heavy atom. The summed E-state index contributed by atoms with van der Waals surface area (Å²) in [4.78, 5) is 11.9. The maximum absolute atomic E-state index is 13.5. The zero-order valence-electron chi connectivity index (χ0n) is 11.2. The number of hydrogen-bond acceptors (Lipinski definition) is 3. The van der Waals surface area contributed by atoms with E-state index in [0.29, 0.717) is 13.2 Å². The summed E-state index contributed by atoms with van der Waals surface area (Å²) in [5.41, 5.74) is -0.420. The smallest absolute Gasteiger partial charge is 0.262 e. The fourth-order valence-electron chi connectivity index (χ4n) is 2.04. The van der Waals surface area contributed by atoms with Crippen molar-refractivity contribution in [1.29, 1.82) is 5.26 Å². The van der Waals surface area contributed by atoms with Crippen molar-refractivity contribution in [3.8, 4) is 6.07 Å². The molecule has 0 unspecified atom stereocenters. The van der Waals surface area contributed by atoms with Crippen molar-refractivity contribution in [1.82, 2.24) is 5.32 Å². The lowest BCUT2D eigenvalue weighted by Gasteiger charge is -2.10. The van der Waals surface area contributed by atoms with Crippen LogP contribution in [0.5, 0.6) is 0 Å². The van der Waals surface area contributed by atoms with Crippen molar-refractivity contribution in [3.63, 3.8) is 0 Å². The van der Waals surface area contributed by atoms with Crippen LogP contribution in [0.25, 0.3) is 6.08 Å². The Labute approximate surface area is 121 Å².